The molecule has 3 unspecified atom stereocenters. The van der Waals surface area contributed by atoms with E-state index in [0.29, 0.717) is 42.3 Å². The summed E-state index contributed by atoms with van der Waals surface area (Å²) in [4.78, 5) is 24.0. The minimum Gasteiger partial charge on any atom is -0.451 e. The molecule has 0 radical (unpaired) electrons. The second-order valence-corrected chi connectivity index (χ2v) is 9.52. The molecule has 4 nitrogen and oxygen atoms in total. The number of ether oxygens (including phenoxy) is 1. The third-order valence-corrected chi connectivity index (χ3v) is 8.99. The maximum atomic E-state index is 12.0. The van der Waals surface area contributed by atoms with Crippen LogP contribution in [-0.4, -0.2) is 29.1 Å². The summed E-state index contributed by atoms with van der Waals surface area (Å²) in [6.07, 6.45) is 12.2. The number of esters is 1. The number of hydrogen-bond acceptors (Lipinski definition) is 4. The standard InChI is InChI=1S/C23H30O4/c1-2-22-8-5-17-16-4-3-15(25)12-18(16)14(13-24)11-19(17)20(22)6-9-23(22)10-7-21(26)27-23/h7,10,16-17,19-20,24H,2-6,8-9,11-13H2,1H3/t16-,17?,19?,20?,22+,23-/m1/s1. The molecule has 3 saturated carbocycles. The van der Waals surface area contributed by atoms with Gasteiger partial charge < -0.3 is 9.84 Å². The third kappa shape index (κ3) is 2.25. The second-order valence-electron chi connectivity index (χ2n) is 9.52. The van der Waals surface area contributed by atoms with E-state index < -0.39 is 5.60 Å². The normalized spacial score (nSPS) is 45.7. The van der Waals surface area contributed by atoms with Gasteiger partial charge in [0.15, 0.2) is 0 Å². The van der Waals surface area contributed by atoms with E-state index in [9.17, 15) is 14.7 Å². The minimum atomic E-state index is -0.402. The first-order chi connectivity index (χ1) is 13.0. The number of aliphatic hydroxyl groups is 1. The monoisotopic (exact) mass is 370 g/mol. The molecule has 146 valence electrons. The number of allylic oxidation sites excluding steroid dienone is 1. The number of carbonyl (C=O) groups is 2. The van der Waals surface area contributed by atoms with Crippen LogP contribution in [0.1, 0.15) is 64.7 Å². The summed E-state index contributed by atoms with van der Waals surface area (Å²) >= 11 is 0. The Kier molecular flexibility index (Phi) is 3.95. The zero-order valence-corrected chi connectivity index (χ0v) is 16.2. The van der Waals surface area contributed by atoms with Crippen LogP contribution in [0.3, 0.4) is 0 Å². The van der Waals surface area contributed by atoms with Gasteiger partial charge in [-0.2, -0.15) is 0 Å². The quantitative estimate of drug-likeness (QED) is 0.594. The van der Waals surface area contributed by atoms with Gasteiger partial charge in [-0.15, -0.1) is 0 Å². The summed E-state index contributed by atoms with van der Waals surface area (Å²) in [7, 11) is 0. The molecule has 0 amide bonds. The Bertz CT molecular complexity index is 749. The van der Waals surface area contributed by atoms with Gasteiger partial charge in [-0.05, 0) is 80.3 Å². The van der Waals surface area contributed by atoms with Gasteiger partial charge in [0.2, 0.25) is 0 Å². The molecule has 3 fully saturated rings. The summed E-state index contributed by atoms with van der Waals surface area (Å²) in [5.41, 5.74) is 2.06. The Morgan fingerprint density at radius 3 is 2.74 bits per heavy atom. The average Bonchev–Trinajstić information content (AvgIpc) is 3.22. The number of Topliss-reactive ketones (excluding diaryl/α,β-unsaturated/α-hetero) is 1. The van der Waals surface area contributed by atoms with Crippen molar-refractivity contribution < 1.29 is 19.4 Å². The summed E-state index contributed by atoms with van der Waals surface area (Å²) < 4.78 is 5.97. The summed E-state index contributed by atoms with van der Waals surface area (Å²) in [6, 6.07) is 0. The number of ketones is 1. The molecule has 6 atom stereocenters. The lowest BCUT2D eigenvalue weighted by Crippen LogP contribution is -2.54. The van der Waals surface area contributed by atoms with Crippen LogP contribution in [0.5, 0.6) is 0 Å². The first-order valence-corrected chi connectivity index (χ1v) is 10.8. The lowest BCUT2D eigenvalue weighted by Gasteiger charge is -2.56. The topological polar surface area (TPSA) is 63.6 Å². The SMILES string of the molecule is CC[C@]12CCC3C(CC(CO)=C4CC(=O)CC[C@@H]43)C1CC[C@@]21C=CC(=O)O1. The molecule has 1 heterocycles. The van der Waals surface area contributed by atoms with Crippen LogP contribution in [0.25, 0.3) is 0 Å². The van der Waals surface area contributed by atoms with Crippen molar-refractivity contribution in [1.82, 2.24) is 0 Å². The van der Waals surface area contributed by atoms with E-state index in [4.69, 9.17) is 4.74 Å². The maximum absolute atomic E-state index is 12.0. The maximum Gasteiger partial charge on any atom is 0.331 e. The Balaban J connectivity index is 1.53. The summed E-state index contributed by atoms with van der Waals surface area (Å²) in [6.45, 7) is 2.35. The highest BCUT2D eigenvalue weighted by atomic mass is 16.6. The number of hydrogen-bond donors (Lipinski definition) is 1. The number of rotatable bonds is 2. The van der Waals surface area contributed by atoms with Gasteiger partial charge in [-0.25, -0.2) is 4.79 Å². The van der Waals surface area contributed by atoms with Crippen LogP contribution in [0, 0.1) is 29.1 Å². The average molecular weight is 370 g/mol. The van der Waals surface area contributed by atoms with Crippen LogP contribution in [0.4, 0.5) is 0 Å². The van der Waals surface area contributed by atoms with Crippen molar-refractivity contribution in [2.24, 2.45) is 29.1 Å². The zero-order valence-electron chi connectivity index (χ0n) is 16.2. The van der Waals surface area contributed by atoms with E-state index in [2.05, 4.69) is 13.0 Å². The van der Waals surface area contributed by atoms with Gasteiger partial charge in [0.25, 0.3) is 0 Å². The van der Waals surface area contributed by atoms with Crippen LogP contribution in [0.15, 0.2) is 23.3 Å². The smallest absolute Gasteiger partial charge is 0.331 e. The molecule has 4 aliphatic carbocycles. The predicted molar refractivity (Wildman–Crippen MR) is 101 cm³/mol. The lowest BCUT2D eigenvalue weighted by molar-refractivity contribution is -0.164. The highest BCUT2D eigenvalue weighted by Crippen LogP contribution is 2.68. The zero-order chi connectivity index (χ0) is 18.8. The highest BCUT2D eigenvalue weighted by molar-refractivity contribution is 5.85. The van der Waals surface area contributed by atoms with Crippen molar-refractivity contribution in [3.8, 4) is 0 Å². The summed E-state index contributed by atoms with van der Waals surface area (Å²) in [5.74, 6) is 2.36. The molecule has 27 heavy (non-hydrogen) atoms. The first kappa shape index (κ1) is 17.7. The van der Waals surface area contributed by atoms with E-state index in [1.165, 1.54) is 5.57 Å². The third-order valence-electron chi connectivity index (χ3n) is 8.99. The van der Waals surface area contributed by atoms with Crippen LogP contribution >= 0.6 is 0 Å². The molecule has 0 aromatic carbocycles. The predicted octanol–water partition coefficient (Wildman–Crippen LogP) is 3.73. The molecule has 0 aromatic heterocycles. The van der Waals surface area contributed by atoms with Gasteiger partial charge in [-0.3, -0.25) is 4.79 Å². The molecule has 5 rings (SSSR count). The fourth-order valence-corrected chi connectivity index (χ4v) is 7.91. The molecule has 0 saturated heterocycles. The Morgan fingerprint density at radius 2 is 2.04 bits per heavy atom. The number of aliphatic hydroxyl groups excluding tert-OH is 1. The Hall–Kier alpha value is -1.42. The van der Waals surface area contributed by atoms with Gasteiger partial charge in [-0.1, -0.05) is 12.5 Å². The number of carbonyl (C=O) groups excluding carboxylic acids is 2. The molecule has 1 spiro atoms. The van der Waals surface area contributed by atoms with Crippen molar-refractivity contribution in [1.29, 1.82) is 0 Å². The van der Waals surface area contributed by atoms with Crippen LogP contribution < -0.4 is 0 Å². The molecule has 0 bridgehead atoms. The van der Waals surface area contributed by atoms with Gasteiger partial charge >= 0.3 is 5.97 Å². The largest absolute Gasteiger partial charge is 0.451 e. The van der Waals surface area contributed by atoms with Gasteiger partial charge in [0, 0.05) is 24.3 Å². The molecule has 0 aromatic rings. The minimum absolute atomic E-state index is 0.0411. The van der Waals surface area contributed by atoms with Crippen molar-refractivity contribution in [3.05, 3.63) is 23.3 Å². The van der Waals surface area contributed by atoms with Crippen molar-refractivity contribution >= 4 is 11.8 Å². The number of fused-ring (bicyclic) bond motifs is 6. The van der Waals surface area contributed by atoms with Crippen LogP contribution in [0.2, 0.25) is 0 Å². The molecule has 1 N–H and O–H groups in total. The van der Waals surface area contributed by atoms with Crippen molar-refractivity contribution in [2.45, 2.75) is 70.3 Å². The fraction of sp³-hybridized carbons (Fsp3) is 0.739. The van der Waals surface area contributed by atoms with E-state index in [-0.39, 0.29) is 18.0 Å². The Morgan fingerprint density at radius 1 is 1.19 bits per heavy atom. The first-order valence-electron chi connectivity index (χ1n) is 10.8. The lowest BCUT2D eigenvalue weighted by atomic mass is 9.49. The second kappa shape index (κ2) is 6.04. The van der Waals surface area contributed by atoms with Gasteiger partial charge in [0.1, 0.15) is 11.4 Å². The van der Waals surface area contributed by atoms with E-state index >= 15 is 0 Å². The molecule has 5 aliphatic rings. The molecule has 4 heteroatoms. The molecular weight excluding hydrogens is 340 g/mol. The van der Waals surface area contributed by atoms with E-state index in [0.717, 1.165) is 50.5 Å². The highest BCUT2D eigenvalue weighted by Gasteiger charge is 2.66. The molecule has 1 aliphatic heterocycles. The van der Waals surface area contributed by atoms with Crippen molar-refractivity contribution in [2.75, 3.05) is 6.61 Å². The molecular formula is C23H30O4. The van der Waals surface area contributed by atoms with Gasteiger partial charge in [0.05, 0.1) is 6.61 Å². The fourth-order valence-electron chi connectivity index (χ4n) is 7.91. The Labute approximate surface area is 161 Å². The summed E-state index contributed by atoms with van der Waals surface area (Å²) in [5, 5.41) is 10.1. The van der Waals surface area contributed by atoms with Crippen molar-refractivity contribution in [3.63, 3.8) is 0 Å². The van der Waals surface area contributed by atoms with E-state index in [1.54, 1.807) is 6.08 Å². The van der Waals surface area contributed by atoms with E-state index in [1.807, 2.05) is 0 Å². The van der Waals surface area contributed by atoms with Crippen LogP contribution in [-0.2, 0) is 14.3 Å².